The van der Waals surface area contributed by atoms with Gasteiger partial charge in [-0.25, -0.2) is 9.59 Å². The zero-order chi connectivity index (χ0) is 14.5. The van der Waals surface area contributed by atoms with E-state index in [9.17, 15) is 9.59 Å². The Morgan fingerprint density at radius 2 is 1.65 bits per heavy atom. The molecule has 0 aromatic heterocycles. The first-order valence-corrected chi connectivity index (χ1v) is 6.41. The van der Waals surface area contributed by atoms with E-state index in [1.54, 1.807) is 0 Å². The highest BCUT2D eigenvalue weighted by Gasteiger charge is 2.31. The molecule has 0 spiro atoms. The van der Waals surface area contributed by atoms with Crippen molar-refractivity contribution in [1.29, 1.82) is 0 Å². The first-order valence-electron chi connectivity index (χ1n) is 6.41. The first-order chi connectivity index (χ1) is 9.69. The molecule has 0 bridgehead atoms. The number of benzene rings is 1. The molecule has 0 atom stereocenters. The number of carbonyl (C=O) groups excluding carboxylic acids is 2. The molecule has 0 unspecified atom stereocenters. The van der Waals surface area contributed by atoms with Crippen LogP contribution in [0.25, 0.3) is 0 Å². The largest absolute Gasteiger partial charge is 0.465 e. The van der Waals surface area contributed by atoms with Gasteiger partial charge in [-0.2, -0.15) is 0 Å². The zero-order valence-corrected chi connectivity index (χ0v) is 11.6. The van der Waals surface area contributed by atoms with Gasteiger partial charge in [-0.15, -0.1) is 0 Å². The zero-order valence-electron chi connectivity index (χ0n) is 11.6. The van der Waals surface area contributed by atoms with E-state index < -0.39 is 11.9 Å². The molecule has 0 amide bonds. The summed E-state index contributed by atoms with van der Waals surface area (Å²) in [4.78, 5) is 25.7. The minimum absolute atomic E-state index is 0.0173. The summed E-state index contributed by atoms with van der Waals surface area (Å²) in [7, 11) is 2.52. The van der Waals surface area contributed by atoms with Crippen molar-refractivity contribution in [2.75, 3.05) is 25.7 Å². The van der Waals surface area contributed by atoms with Gasteiger partial charge in [-0.3, -0.25) is 0 Å². The third kappa shape index (κ3) is 2.66. The Morgan fingerprint density at radius 3 is 2.20 bits per heavy atom. The fraction of sp³-hybridized carbons (Fsp3) is 0.333. The number of methoxy groups -OCH3 is 2. The van der Waals surface area contributed by atoms with E-state index >= 15 is 0 Å². The molecule has 1 fully saturated rings. The third-order valence-electron chi connectivity index (χ3n) is 3.26. The Bertz CT molecular complexity index is 518. The van der Waals surface area contributed by atoms with Gasteiger partial charge in [0.05, 0.1) is 14.2 Å². The van der Waals surface area contributed by atoms with Gasteiger partial charge in [0.25, 0.3) is 0 Å². The molecule has 5 heteroatoms. The summed E-state index contributed by atoms with van der Waals surface area (Å²) >= 11 is 0. The molecule has 106 valence electrons. The van der Waals surface area contributed by atoms with Crippen molar-refractivity contribution in [2.24, 2.45) is 0 Å². The number of esters is 2. The molecule has 0 radical (unpaired) electrons. The molecule has 2 rings (SSSR count). The third-order valence-corrected chi connectivity index (χ3v) is 3.26. The lowest BCUT2D eigenvalue weighted by molar-refractivity contribution is -0.144. The monoisotopic (exact) mass is 275 g/mol. The normalized spacial score (nSPS) is 14.1. The summed E-state index contributed by atoms with van der Waals surface area (Å²) in [6.07, 6.45) is 1.52. The van der Waals surface area contributed by atoms with Crippen molar-refractivity contribution < 1.29 is 19.1 Å². The highest BCUT2D eigenvalue weighted by molar-refractivity contribution is 6.15. The van der Waals surface area contributed by atoms with Gasteiger partial charge in [0.15, 0.2) is 5.57 Å². The Kier molecular flexibility index (Phi) is 4.40. The summed E-state index contributed by atoms with van der Waals surface area (Å²) in [5.74, 6) is -1.32. The van der Waals surface area contributed by atoms with Crippen LogP contribution in [0, 0.1) is 0 Å². The van der Waals surface area contributed by atoms with Crippen LogP contribution in [0.5, 0.6) is 0 Å². The van der Waals surface area contributed by atoms with Gasteiger partial charge in [0, 0.05) is 17.9 Å². The van der Waals surface area contributed by atoms with Crippen molar-refractivity contribution in [3.63, 3.8) is 0 Å². The Morgan fingerprint density at radius 1 is 1.05 bits per heavy atom. The molecular formula is C15H17NO4. The van der Waals surface area contributed by atoms with Crippen LogP contribution in [0.4, 0.5) is 5.69 Å². The topological polar surface area (TPSA) is 55.8 Å². The predicted octanol–water partition coefficient (Wildman–Crippen LogP) is 1.89. The Labute approximate surface area is 117 Å². The number of hydrogen-bond acceptors (Lipinski definition) is 5. The number of nitrogens with zero attached hydrogens (tertiary/aromatic N) is 1. The number of anilines is 1. The first kappa shape index (κ1) is 14.1. The van der Waals surface area contributed by atoms with E-state index in [0.717, 1.165) is 18.7 Å². The van der Waals surface area contributed by atoms with Crippen LogP contribution in [-0.2, 0) is 19.1 Å². The fourth-order valence-electron chi connectivity index (χ4n) is 2.35. The highest BCUT2D eigenvalue weighted by atomic mass is 16.5. The van der Waals surface area contributed by atoms with Gasteiger partial charge in [-0.1, -0.05) is 18.2 Å². The summed E-state index contributed by atoms with van der Waals surface area (Å²) in [6.45, 7) is 0.761. The van der Waals surface area contributed by atoms with Crippen LogP contribution in [0.1, 0.15) is 12.8 Å². The van der Waals surface area contributed by atoms with Crippen LogP contribution in [-0.4, -0.2) is 32.7 Å². The second kappa shape index (κ2) is 6.23. The minimum atomic E-state index is -0.658. The summed E-state index contributed by atoms with van der Waals surface area (Å²) in [5, 5.41) is 0. The van der Waals surface area contributed by atoms with Crippen LogP contribution < -0.4 is 4.90 Å². The molecule has 1 aromatic carbocycles. The van der Waals surface area contributed by atoms with E-state index in [-0.39, 0.29) is 5.57 Å². The minimum Gasteiger partial charge on any atom is -0.465 e. The summed E-state index contributed by atoms with van der Waals surface area (Å²) in [5.41, 5.74) is 1.59. The smallest absolute Gasteiger partial charge is 0.347 e. The lowest BCUT2D eigenvalue weighted by atomic mass is 10.1. The van der Waals surface area contributed by atoms with Crippen LogP contribution in [0.3, 0.4) is 0 Å². The maximum atomic E-state index is 11.9. The van der Waals surface area contributed by atoms with E-state index in [2.05, 4.69) is 0 Å². The van der Waals surface area contributed by atoms with Gasteiger partial charge in [0.2, 0.25) is 0 Å². The molecule has 0 aliphatic carbocycles. The second-order valence-corrected chi connectivity index (χ2v) is 4.40. The van der Waals surface area contributed by atoms with Crippen LogP contribution >= 0.6 is 0 Å². The van der Waals surface area contributed by atoms with Crippen LogP contribution in [0.2, 0.25) is 0 Å². The van der Waals surface area contributed by atoms with Crippen molar-refractivity contribution in [2.45, 2.75) is 12.8 Å². The molecular weight excluding hydrogens is 258 g/mol. The number of carbonyl (C=O) groups is 2. The molecule has 1 aliphatic heterocycles. The van der Waals surface area contributed by atoms with Gasteiger partial charge in [0.1, 0.15) is 0 Å². The van der Waals surface area contributed by atoms with E-state index in [4.69, 9.17) is 9.47 Å². The number of allylic oxidation sites excluding steroid dienone is 1. The molecule has 1 heterocycles. The van der Waals surface area contributed by atoms with Gasteiger partial charge in [-0.05, 0) is 25.0 Å². The number of rotatable bonds is 3. The van der Waals surface area contributed by atoms with Crippen LogP contribution in [0.15, 0.2) is 41.6 Å². The number of ether oxygens (including phenoxy) is 2. The lowest BCUT2D eigenvalue weighted by Crippen LogP contribution is -2.25. The predicted molar refractivity (Wildman–Crippen MR) is 74.1 cm³/mol. The Balaban J connectivity index is 2.47. The molecule has 1 saturated heterocycles. The number of hydrogen-bond donors (Lipinski definition) is 0. The summed E-state index contributed by atoms with van der Waals surface area (Å²) in [6, 6.07) is 9.64. The van der Waals surface area contributed by atoms with Gasteiger partial charge >= 0.3 is 11.9 Å². The van der Waals surface area contributed by atoms with Crippen molar-refractivity contribution in [3.05, 3.63) is 41.6 Å². The second-order valence-electron chi connectivity index (χ2n) is 4.40. The maximum Gasteiger partial charge on any atom is 0.347 e. The molecule has 5 nitrogen and oxygen atoms in total. The van der Waals surface area contributed by atoms with Crippen molar-refractivity contribution in [3.8, 4) is 0 Å². The van der Waals surface area contributed by atoms with Gasteiger partial charge < -0.3 is 14.4 Å². The molecule has 0 saturated carbocycles. The van der Waals surface area contributed by atoms with E-state index in [1.165, 1.54) is 14.2 Å². The lowest BCUT2D eigenvalue weighted by Gasteiger charge is -2.21. The number of para-hydroxylation sites is 1. The fourth-order valence-corrected chi connectivity index (χ4v) is 2.35. The van der Waals surface area contributed by atoms with Crippen molar-refractivity contribution >= 4 is 17.6 Å². The average Bonchev–Trinajstić information content (AvgIpc) is 2.97. The molecule has 20 heavy (non-hydrogen) atoms. The maximum absolute atomic E-state index is 11.9. The quantitative estimate of drug-likeness (QED) is 0.365. The molecule has 0 N–H and O–H groups in total. The summed E-state index contributed by atoms with van der Waals surface area (Å²) < 4.78 is 9.42. The highest BCUT2D eigenvalue weighted by Crippen LogP contribution is 2.31. The van der Waals surface area contributed by atoms with E-state index in [0.29, 0.717) is 12.1 Å². The molecule has 1 aliphatic rings. The van der Waals surface area contributed by atoms with E-state index in [1.807, 2.05) is 35.2 Å². The average molecular weight is 275 g/mol. The molecule has 1 aromatic rings. The SMILES string of the molecule is COC(=O)C(C(=O)OC)=C1CCCN1c1ccccc1. The van der Waals surface area contributed by atoms with Crippen molar-refractivity contribution in [1.82, 2.24) is 0 Å². The Hall–Kier alpha value is -2.30. The standard InChI is InChI=1S/C15H17NO4/c1-19-14(17)13(15(18)20-2)12-9-6-10-16(12)11-7-4-3-5-8-11/h3-5,7-8H,6,9-10H2,1-2H3.